The lowest BCUT2D eigenvalue weighted by Crippen LogP contribution is -2.51. The van der Waals surface area contributed by atoms with Crippen LogP contribution in [-0.2, 0) is 19.1 Å². The Labute approximate surface area is 359 Å². The molecule has 0 saturated carbocycles. The Kier molecular flexibility index (Phi) is 11.4. The van der Waals surface area contributed by atoms with Crippen molar-refractivity contribution in [1.82, 2.24) is 45.4 Å². The van der Waals surface area contributed by atoms with E-state index in [-0.39, 0.29) is 36.5 Å². The monoisotopic (exact) mass is 833 g/mol. The van der Waals surface area contributed by atoms with E-state index < -0.39 is 18.2 Å². The normalized spacial score (nSPS) is 17.6. The second-order valence-corrected chi connectivity index (χ2v) is 16.6. The number of imidazole rings is 2. The maximum Gasteiger partial charge on any atom is 0.407 e. The number of fused-ring (bicyclic) bond motifs is 4. The summed E-state index contributed by atoms with van der Waals surface area (Å²) in [4.78, 5) is 64.6. The molecule has 0 bridgehead atoms. The Hall–Kier alpha value is -6.64. The van der Waals surface area contributed by atoms with E-state index >= 15 is 0 Å². The van der Waals surface area contributed by atoms with Crippen LogP contribution in [0.3, 0.4) is 0 Å². The van der Waals surface area contributed by atoms with Crippen molar-refractivity contribution in [3.63, 3.8) is 0 Å². The minimum atomic E-state index is -0.691. The predicted molar refractivity (Wildman–Crippen MR) is 238 cm³/mol. The number of nitrogens with one attached hydrogen (secondary N) is 4. The summed E-state index contributed by atoms with van der Waals surface area (Å²) >= 11 is 0. The van der Waals surface area contributed by atoms with E-state index in [9.17, 15) is 14.4 Å². The first kappa shape index (κ1) is 40.7. The fourth-order valence-corrected chi connectivity index (χ4v) is 9.14. The first-order valence-electron chi connectivity index (χ1n) is 21.3. The predicted octanol–water partition coefficient (Wildman–Crippen LogP) is 7.96. The summed E-state index contributed by atoms with van der Waals surface area (Å²) in [5.41, 5.74) is 6.70. The number of pyridine rings is 1. The number of aromatic amines is 2. The Bertz CT molecular complexity index is 2770. The van der Waals surface area contributed by atoms with Gasteiger partial charge in [-0.2, -0.15) is 0 Å². The number of carbonyl (C=O) groups is 3. The average Bonchev–Trinajstić information content (AvgIpc) is 4.14. The number of carbonyl (C=O) groups excluding carboxylic acids is 3. The molecule has 9 rings (SSSR count). The van der Waals surface area contributed by atoms with E-state index in [1.165, 1.54) is 7.11 Å². The van der Waals surface area contributed by atoms with Gasteiger partial charge in [-0.3, -0.25) is 19.9 Å². The largest absolute Gasteiger partial charge is 0.453 e. The van der Waals surface area contributed by atoms with Gasteiger partial charge < -0.3 is 34.6 Å². The van der Waals surface area contributed by atoms with E-state index in [2.05, 4.69) is 92.3 Å². The first-order chi connectivity index (χ1) is 30.2. The standard InChI is InChI=1S/C48H51N9O5/c1-28(2)41(55-48(60)62-4)46(58)57-21-7-10-40(57)45-52-37-18-16-33-23-32(15-17-36(33)43(37)54-45)29-11-12-31-24-34(14-13-30(31)22-29)38-26-50-44(53-38)39-9-6-20-56(39)47(59)42(51-27-61-3)35-8-5-19-49-25-35/h5,8,11-19,22-26,28,39-42,51H,6-7,9-10,20-21,27H2,1-4H3,(H,50,53)(H,52,54)(H,55,60)/t39-,40-,41-,42?/m0/s1. The summed E-state index contributed by atoms with van der Waals surface area (Å²) in [5, 5.41) is 10.3. The molecule has 0 radical (unpaired) electrons. The molecule has 2 saturated heterocycles. The van der Waals surface area contributed by atoms with Crippen molar-refractivity contribution >= 4 is 50.5 Å². The molecular formula is C48H51N9O5. The second kappa shape index (κ2) is 17.4. The van der Waals surface area contributed by atoms with Crippen LogP contribution in [-0.4, -0.2) is 92.7 Å². The third-order valence-electron chi connectivity index (χ3n) is 12.4. The van der Waals surface area contributed by atoms with Crippen molar-refractivity contribution < 1.29 is 23.9 Å². The summed E-state index contributed by atoms with van der Waals surface area (Å²) < 4.78 is 10.1. The lowest BCUT2D eigenvalue weighted by molar-refractivity contribution is -0.136. The highest BCUT2D eigenvalue weighted by molar-refractivity contribution is 6.06. The summed E-state index contributed by atoms with van der Waals surface area (Å²) in [5.74, 6) is 1.26. The number of rotatable bonds is 12. The number of hydrogen-bond acceptors (Lipinski definition) is 9. The van der Waals surface area contributed by atoms with E-state index in [0.717, 1.165) is 97.9 Å². The van der Waals surface area contributed by atoms with Gasteiger partial charge >= 0.3 is 6.09 Å². The number of likely N-dealkylation sites (tertiary alicyclic amines) is 2. The summed E-state index contributed by atoms with van der Waals surface area (Å²) in [6.07, 6.45) is 8.01. The lowest BCUT2D eigenvalue weighted by atomic mass is 9.97. The number of amides is 3. The molecule has 2 aliphatic heterocycles. The van der Waals surface area contributed by atoms with Gasteiger partial charge in [-0.15, -0.1) is 0 Å². The van der Waals surface area contributed by atoms with Crippen molar-refractivity contribution in [2.45, 2.75) is 63.7 Å². The van der Waals surface area contributed by atoms with Crippen LogP contribution < -0.4 is 10.6 Å². The highest BCUT2D eigenvalue weighted by Gasteiger charge is 2.38. The number of H-pyrrole nitrogens is 2. The van der Waals surface area contributed by atoms with Gasteiger partial charge in [0.25, 0.3) is 0 Å². The molecule has 2 aliphatic rings. The number of nitrogens with zero attached hydrogens (tertiary/aromatic N) is 5. The van der Waals surface area contributed by atoms with Crippen LogP contribution >= 0.6 is 0 Å². The molecule has 4 N–H and O–H groups in total. The molecule has 0 spiro atoms. The van der Waals surface area contributed by atoms with Crippen molar-refractivity contribution in [1.29, 1.82) is 0 Å². The highest BCUT2D eigenvalue weighted by Crippen LogP contribution is 2.37. The van der Waals surface area contributed by atoms with E-state index in [1.807, 2.05) is 42.0 Å². The third-order valence-corrected chi connectivity index (χ3v) is 12.4. The number of ether oxygens (including phenoxy) is 2. The van der Waals surface area contributed by atoms with Crippen molar-refractivity contribution in [3.8, 4) is 22.4 Å². The van der Waals surface area contributed by atoms with Gasteiger partial charge in [0.2, 0.25) is 11.8 Å². The molecule has 5 heterocycles. The summed E-state index contributed by atoms with van der Waals surface area (Å²) in [7, 11) is 2.90. The molecule has 7 aromatic rings. The van der Waals surface area contributed by atoms with Crippen LogP contribution in [0.5, 0.6) is 0 Å². The Balaban J connectivity index is 0.922. The minimum absolute atomic E-state index is 0.0270. The van der Waals surface area contributed by atoms with Crippen LogP contribution in [0.25, 0.3) is 55.0 Å². The molecule has 0 aliphatic carbocycles. The van der Waals surface area contributed by atoms with Gasteiger partial charge in [-0.1, -0.05) is 62.4 Å². The second-order valence-electron chi connectivity index (χ2n) is 16.6. The highest BCUT2D eigenvalue weighted by atomic mass is 16.5. The molecular weight excluding hydrogens is 783 g/mol. The smallest absolute Gasteiger partial charge is 0.407 e. The quantitative estimate of drug-likeness (QED) is 0.0892. The van der Waals surface area contributed by atoms with Crippen LogP contribution in [0.15, 0.2) is 97.5 Å². The van der Waals surface area contributed by atoms with Gasteiger partial charge in [0.1, 0.15) is 23.7 Å². The number of benzene rings is 4. The van der Waals surface area contributed by atoms with Crippen LogP contribution in [0.4, 0.5) is 4.79 Å². The SMILES string of the molecule is COCNC(C(=O)N1CCC[C@H]1c1ncc(-c2ccc3cc(-c4ccc5c(ccc6[nH]c([C@@H]7CCCN7C(=O)[C@@H](NC(=O)OC)C(C)C)nc65)c4)ccc3c2)[nH]1)c1cccnc1. The molecule has 4 atom stereocenters. The maximum atomic E-state index is 14.0. The number of alkyl carbamates (subject to hydrolysis) is 1. The Morgan fingerprint density at radius 2 is 1.47 bits per heavy atom. The van der Waals surface area contributed by atoms with Crippen LogP contribution in [0.2, 0.25) is 0 Å². The molecule has 62 heavy (non-hydrogen) atoms. The fourth-order valence-electron chi connectivity index (χ4n) is 9.14. The molecule has 4 aromatic carbocycles. The molecule has 14 nitrogen and oxygen atoms in total. The lowest BCUT2D eigenvalue weighted by Gasteiger charge is -2.29. The van der Waals surface area contributed by atoms with Crippen LogP contribution in [0, 0.1) is 5.92 Å². The number of hydrogen-bond donors (Lipinski definition) is 4. The maximum absolute atomic E-state index is 14.0. The van der Waals surface area contributed by atoms with Gasteiger partial charge in [0.15, 0.2) is 0 Å². The Morgan fingerprint density at radius 1 is 0.790 bits per heavy atom. The molecule has 3 aromatic heterocycles. The van der Waals surface area contributed by atoms with Gasteiger partial charge in [0.05, 0.1) is 48.8 Å². The minimum Gasteiger partial charge on any atom is -0.453 e. The molecule has 1 unspecified atom stereocenters. The average molecular weight is 834 g/mol. The van der Waals surface area contributed by atoms with Gasteiger partial charge in [0, 0.05) is 43.5 Å². The first-order valence-corrected chi connectivity index (χ1v) is 21.3. The zero-order valence-electron chi connectivity index (χ0n) is 35.4. The van der Waals surface area contributed by atoms with Gasteiger partial charge in [-0.25, -0.2) is 14.8 Å². The number of aromatic nitrogens is 5. The fraction of sp³-hybridized carbons (Fsp3) is 0.333. The summed E-state index contributed by atoms with van der Waals surface area (Å²) in [6.45, 7) is 5.31. The topological polar surface area (TPSA) is 170 Å². The molecule has 318 valence electrons. The zero-order valence-corrected chi connectivity index (χ0v) is 35.4. The Morgan fingerprint density at radius 3 is 2.18 bits per heavy atom. The molecule has 14 heteroatoms. The van der Waals surface area contributed by atoms with E-state index in [1.54, 1.807) is 19.5 Å². The van der Waals surface area contributed by atoms with E-state index in [4.69, 9.17) is 19.4 Å². The van der Waals surface area contributed by atoms with Gasteiger partial charge in [-0.05, 0) is 94.8 Å². The van der Waals surface area contributed by atoms with Crippen LogP contribution in [0.1, 0.15) is 74.9 Å². The zero-order chi connectivity index (χ0) is 42.9. The van der Waals surface area contributed by atoms with Crippen molar-refractivity contribution in [2.24, 2.45) is 5.92 Å². The third kappa shape index (κ3) is 7.87. The molecule has 2 fully saturated rings. The molecule has 3 amide bonds. The van der Waals surface area contributed by atoms with E-state index in [0.29, 0.717) is 13.1 Å². The summed E-state index contributed by atoms with van der Waals surface area (Å²) in [6, 6.07) is 25.7. The number of methoxy groups -OCH3 is 2. The van der Waals surface area contributed by atoms with Crippen molar-refractivity contribution in [3.05, 3.63) is 115 Å². The van der Waals surface area contributed by atoms with Crippen molar-refractivity contribution in [2.75, 3.05) is 34.0 Å².